The van der Waals surface area contributed by atoms with Crippen molar-refractivity contribution in [3.63, 3.8) is 0 Å². The van der Waals surface area contributed by atoms with Gasteiger partial charge in [0.1, 0.15) is 5.82 Å². The molecule has 1 atom stereocenters. The minimum Gasteiger partial charge on any atom is -0.355 e. The van der Waals surface area contributed by atoms with Crippen LogP contribution in [0.25, 0.3) is 0 Å². The molecule has 8 heteroatoms. The molecule has 1 unspecified atom stereocenters. The average Bonchev–Trinajstić information content (AvgIpc) is 2.66. The number of benzene rings is 2. The van der Waals surface area contributed by atoms with Crippen molar-refractivity contribution in [3.8, 4) is 0 Å². The van der Waals surface area contributed by atoms with Crippen LogP contribution in [0.2, 0.25) is 0 Å². The fourth-order valence-corrected chi connectivity index (χ4v) is 3.56. The molecular formula is C20H27FN4O2S. The highest BCUT2D eigenvalue weighted by molar-refractivity contribution is 7.89. The van der Waals surface area contributed by atoms with Crippen LogP contribution in [0.15, 0.2) is 52.4 Å². The summed E-state index contributed by atoms with van der Waals surface area (Å²) in [6.45, 7) is 6.06. The largest absolute Gasteiger partial charge is 0.355 e. The number of rotatable bonds is 7. The lowest BCUT2D eigenvalue weighted by Crippen LogP contribution is -2.42. The number of sulfonamides is 1. The zero-order valence-corrected chi connectivity index (χ0v) is 17.4. The average molecular weight is 407 g/mol. The Balaban J connectivity index is 1.85. The van der Waals surface area contributed by atoms with Crippen LogP contribution in [0, 0.1) is 19.7 Å². The molecule has 152 valence electrons. The molecule has 0 aliphatic carbocycles. The summed E-state index contributed by atoms with van der Waals surface area (Å²) >= 11 is 0. The van der Waals surface area contributed by atoms with E-state index in [9.17, 15) is 12.8 Å². The Kier molecular flexibility index (Phi) is 7.53. The van der Waals surface area contributed by atoms with Crippen LogP contribution >= 0.6 is 0 Å². The first-order chi connectivity index (χ1) is 13.2. The fourth-order valence-electron chi connectivity index (χ4n) is 2.53. The number of aliphatic imine (C=N–C) groups is 1. The minimum absolute atomic E-state index is 0.162. The molecule has 0 saturated carbocycles. The van der Waals surface area contributed by atoms with Crippen LogP contribution in [0.1, 0.15) is 29.7 Å². The number of nitrogens with one attached hydrogen (secondary N) is 3. The third kappa shape index (κ3) is 6.03. The number of hydrogen-bond acceptors (Lipinski definition) is 3. The van der Waals surface area contributed by atoms with E-state index in [2.05, 4.69) is 20.3 Å². The summed E-state index contributed by atoms with van der Waals surface area (Å²) in [5.41, 5.74) is 2.39. The second kappa shape index (κ2) is 9.66. The van der Waals surface area contributed by atoms with E-state index in [4.69, 9.17) is 0 Å². The van der Waals surface area contributed by atoms with E-state index in [1.165, 1.54) is 6.07 Å². The Bertz CT molecular complexity index is 928. The van der Waals surface area contributed by atoms with Crippen molar-refractivity contribution >= 4 is 16.0 Å². The van der Waals surface area contributed by atoms with Gasteiger partial charge in [-0.3, -0.25) is 4.99 Å². The van der Waals surface area contributed by atoms with Crippen molar-refractivity contribution in [3.05, 3.63) is 65.0 Å². The molecule has 3 N–H and O–H groups in total. The number of halogens is 1. The van der Waals surface area contributed by atoms with Crippen molar-refractivity contribution in [1.29, 1.82) is 0 Å². The normalized spacial score (nSPS) is 13.2. The van der Waals surface area contributed by atoms with E-state index in [1.807, 2.05) is 19.9 Å². The highest BCUT2D eigenvalue weighted by Crippen LogP contribution is 2.16. The summed E-state index contributed by atoms with van der Waals surface area (Å²) in [5.74, 6) is 0.252. The predicted octanol–water partition coefficient (Wildman–Crippen LogP) is 2.65. The van der Waals surface area contributed by atoms with Gasteiger partial charge in [0.05, 0.1) is 10.9 Å². The molecule has 0 aromatic heterocycles. The predicted molar refractivity (Wildman–Crippen MR) is 110 cm³/mol. The maximum absolute atomic E-state index is 13.7. The summed E-state index contributed by atoms with van der Waals surface area (Å²) in [4.78, 5) is 4.35. The minimum atomic E-state index is -3.55. The van der Waals surface area contributed by atoms with E-state index >= 15 is 0 Å². The summed E-state index contributed by atoms with van der Waals surface area (Å²) in [7, 11) is -1.93. The van der Waals surface area contributed by atoms with Gasteiger partial charge in [-0.25, -0.2) is 17.5 Å². The van der Waals surface area contributed by atoms with Gasteiger partial charge in [-0.05, 0) is 50.1 Å². The Morgan fingerprint density at radius 3 is 2.39 bits per heavy atom. The molecule has 2 aromatic rings. The van der Waals surface area contributed by atoms with Crippen molar-refractivity contribution < 1.29 is 12.8 Å². The first-order valence-corrected chi connectivity index (χ1v) is 10.5. The standard InChI is InChI=1S/C20H27FN4O2S/c1-14-5-9-18(10-6-14)28(26,27)24-12-11-23-20(22-4)25-16(3)17-8-7-15(2)19(21)13-17/h5-10,13,16,24H,11-12H2,1-4H3,(H2,22,23,25). The van der Waals surface area contributed by atoms with Crippen LogP contribution in [-0.4, -0.2) is 34.5 Å². The smallest absolute Gasteiger partial charge is 0.240 e. The maximum Gasteiger partial charge on any atom is 0.240 e. The molecule has 0 amide bonds. The van der Waals surface area contributed by atoms with E-state index in [-0.39, 0.29) is 23.3 Å². The molecule has 0 radical (unpaired) electrons. The van der Waals surface area contributed by atoms with E-state index in [0.717, 1.165) is 11.1 Å². The van der Waals surface area contributed by atoms with Gasteiger partial charge in [0, 0.05) is 20.1 Å². The summed E-state index contributed by atoms with van der Waals surface area (Å²) < 4.78 is 40.8. The number of nitrogens with zero attached hydrogens (tertiary/aromatic N) is 1. The van der Waals surface area contributed by atoms with Gasteiger partial charge in [0.25, 0.3) is 0 Å². The zero-order valence-electron chi connectivity index (χ0n) is 16.6. The lowest BCUT2D eigenvalue weighted by molar-refractivity contribution is 0.580. The molecular weight excluding hydrogens is 379 g/mol. The molecule has 0 aliphatic heterocycles. The van der Waals surface area contributed by atoms with Crippen LogP contribution in [0.3, 0.4) is 0 Å². The Morgan fingerprint density at radius 1 is 1.11 bits per heavy atom. The monoisotopic (exact) mass is 406 g/mol. The van der Waals surface area contributed by atoms with Gasteiger partial charge >= 0.3 is 0 Å². The topological polar surface area (TPSA) is 82.6 Å². The molecule has 6 nitrogen and oxygen atoms in total. The van der Waals surface area contributed by atoms with Crippen LogP contribution in [-0.2, 0) is 10.0 Å². The molecule has 28 heavy (non-hydrogen) atoms. The Labute approximate surface area is 166 Å². The number of hydrogen-bond donors (Lipinski definition) is 3. The molecule has 2 rings (SSSR count). The fraction of sp³-hybridized carbons (Fsp3) is 0.350. The van der Waals surface area contributed by atoms with Gasteiger partial charge in [-0.15, -0.1) is 0 Å². The quantitative estimate of drug-likeness (QED) is 0.375. The van der Waals surface area contributed by atoms with Gasteiger partial charge in [0.15, 0.2) is 5.96 Å². The molecule has 2 aromatic carbocycles. The lowest BCUT2D eigenvalue weighted by atomic mass is 10.1. The van der Waals surface area contributed by atoms with Gasteiger partial charge in [-0.2, -0.15) is 0 Å². The van der Waals surface area contributed by atoms with Crippen LogP contribution < -0.4 is 15.4 Å². The van der Waals surface area contributed by atoms with Gasteiger partial charge in [-0.1, -0.05) is 29.8 Å². The van der Waals surface area contributed by atoms with Gasteiger partial charge < -0.3 is 10.6 Å². The molecule has 0 aliphatic rings. The molecule has 0 bridgehead atoms. The third-order valence-electron chi connectivity index (χ3n) is 4.31. The maximum atomic E-state index is 13.7. The van der Waals surface area contributed by atoms with Crippen molar-refractivity contribution in [2.75, 3.05) is 20.1 Å². The number of aryl methyl sites for hydroxylation is 2. The Hall–Kier alpha value is -2.45. The second-order valence-electron chi connectivity index (χ2n) is 6.58. The molecule has 0 saturated heterocycles. The van der Waals surface area contributed by atoms with E-state index in [1.54, 1.807) is 44.3 Å². The SMILES string of the molecule is CN=C(NCCNS(=O)(=O)c1ccc(C)cc1)NC(C)c1ccc(C)c(F)c1. The summed E-state index contributed by atoms with van der Waals surface area (Å²) in [5, 5.41) is 6.21. The van der Waals surface area contributed by atoms with E-state index < -0.39 is 10.0 Å². The first-order valence-electron chi connectivity index (χ1n) is 9.02. The third-order valence-corrected chi connectivity index (χ3v) is 5.79. The molecule has 0 spiro atoms. The lowest BCUT2D eigenvalue weighted by Gasteiger charge is -2.19. The summed E-state index contributed by atoms with van der Waals surface area (Å²) in [6, 6.07) is 11.6. The second-order valence-corrected chi connectivity index (χ2v) is 8.35. The van der Waals surface area contributed by atoms with E-state index in [0.29, 0.717) is 18.1 Å². The summed E-state index contributed by atoms with van der Waals surface area (Å²) in [6.07, 6.45) is 0. The Morgan fingerprint density at radius 2 is 1.79 bits per heavy atom. The van der Waals surface area contributed by atoms with Crippen LogP contribution in [0.5, 0.6) is 0 Å². The van der Waals surface area contributed by atoms with Crippen molar-refractivity contribution in [1.82, 2.24) is 15.4 Å². The van der Waals surface area contributed by atoms with Crippen molar-refractivity contribution in [2.45, 2.75) is 31.7 Å². The highest BCUT2D eigenvalue weighted by Gasteiger charge is 2.13. The molecule has 0 heterocycles. The first kappa shape index (κ1) is 21.8. The number of guanidine groups is 1. The van der Waals surface area contributed by atoms with Crippen LogP contribution in [0.4, 0.5) is 4.39 Å². The van der Waals surface area contributed by atoms with Gasteiger partial charge in [0.2, 0.25) is 10.0 Å². The highest BCUT2D eigenvalue weighted by atomic mass is 32.2. The molecule has 0 fully saturated rings. The zero-order chi connectivity index (χ0) is 20.7. The van der Waals surface area contributed by atoms with Crippen molar-refractivity contribution in [2.24, 2.45) is 4.99 Å².